The van der Waals surface area contributed by atoms with Gasteiger partial charge in [0.15, 0.2) is 35.6 Å². The van der Waals surface area contributed by atoms with E-state index in [2.05, 4.69) is 0 Å². The molecule has 16 nitrogen and oxygen atoms in total. The maximum Gasteiger partial charge on any atom is 0.335 e. The zero-order chi connectivity index (χ0) is 33.4. The van der Waals surface area contributed by atoms with Crippen LogP contribution < -0.4 is 9.47 Å². The van der Waals surface area contributed by atoms with Gasteiger partial charge >= 0.3 is 11.9 Å². The number of hydrogen-bond donors (Lipinski definition) is 8. The van der Waals surface area contributed by atoms with Crippen LogP contribution in [-0.2, 0) is 28.5 Å². The van der Waals surface area contributed by atoms with Crippen LogP contribution in [0.1, 0.15) is 22.6 Å². The van der Waals surface area contributed by atoms with Gasteiger partial charge in [0.25, 0.3) is 0 Å². The first-order chi connectivity index (χ1) is 21.9. The molecule has 2 aromatic rings. The highest BCUT2D eigenvalue weighted by atomic mass is 16.7. The van der Waals surface area contributed by atoms with Crippen LogP contribution in [0.2, 0.25) is 0 Å². The van der Waals surface area contributed by atoms with Crippen molar-refractivity contribution < 1.29 is 78.9 Å². The first-order valence-corrected chi connectivity index (χ1v) is 14.1. The number of methoxy groups -OCH3 is 2. The Morgan fingerprint density at radius 3 is 1.85 bits per heavy atom. The summed E-state index contributed by atoms with van der Waals surface area (Å²) in [7, 11) is 2.62. The monoisotopic (exact) mass is 650 g/mol. The molecule has 1 aliphatic carbocycles. The Labute approximate surface area is 261 Å². The Morgan fingerprint density at radius 1 is 0.739 bits per heavy atom. The number of ether oxygens (including phenoxy) is 6. The number of phenolic OH excluding ortho intramolecular Hbond substituents is 2. The van der Waals surface area contributed by atoms with E-state index in [4.69, 9.17) is 28.4 Å². The predicted octanol–water partition coefficient (Wildman–Crippen LogP) is -1.78. The van der Waals surface area contributed by atoms with Crippen molar-refractivity contribution in [1.82, 2.24) is 0 Å². The molecule has 2 fully saturated rings. The molecule has 16 heteroatoms. The van der Waals surface area contributed by atoms with Crippen LogP contribution in [0.4, 0.5) is 0 Å². The van der Waals surface area contributed by atoms with Gasteiger partial charge in [-0.1, -0.05) is 6.07 Å². The molecule has 46 heavy (non-hydrogen) atoms. The molecule has 10 atom stereocenters. The lowest BCUT2D eigenvalue weighted by Gasteiger charge is -2.33. The number of benzene rings is 2. The zero-order valence-corrected chi connectivity index (χ0v) is 24.5. The topological polar surface area (TPSA) is 251 Å². The van der Waals surface area contributed by atoms with Crippen LogP contribution in [-0.4, -0.2) is 129 Å². The molecule has 4 unspecified atom stereocenters. The van der Waals surface area contributed by atoms with E-state index in [0.29, 0.717) is 16.7 Å². The van der Waals surface area contributed by atoms with Gasteiger partial charge in [-0.3, -0.25) is 4.79 Å². The highest BCUT2D eigenvalue weighted by Crippen LogP contribution is 2.48. The number of fused-ring (bicyclic) bond motifs is 1. The number of phenols is 2. The lowest BCUT2D eigenvalue weighted by atomic mass is 9.71. The molecule has 0 radical (unpaired) electrons. The van der Waals surface area contributed by atoms with Gasteiger partial charge in [0, 0.05) is 5.92 Å². The Bertz CT molecular complexity index is 1490. The van der Waals surface area contributed by atoms with E-state index < -0.39 is 86.2 Å². The highest BCUT2D eigenvalue weighted by molar-refractivity contribution is 6.02. The summed E-state index contributed by atoms with van der Waals surface area (Å²) in [5.74, 6) is -5.21. The van der Waals surface area contributed by atoms with E-state index in [-0.39, 0.29) is 28.6 Å². The molecule has 0 aromatic heterocycles. The van der Waals surface area contributed by atoms with Gasteiger partial charge in [0.05, 0.1) is 25.7 Å². The maximum atomic E-state index is 13.9. The summed E-state index contributed by atoms with van der Waals surface area (Å²) in [6.07, 6.45) is -11.2. The minimum Gasteiger partial charge on any atom is -0.504 e. The van der Waals surface area contributed by atoms with Gasteiger partial charge in [0.1, 0.15) is 49.8 Å². The van der Waals surface area contributed by atoms with Crippen molar-refractivity contribution in [3.8, 4) is 23.0 Å². The number of hydrogen-bond acceptors (Lipinski definition) is 16. The smallest absolute Gasteiger partial charge is 0.335 e. The van der Waals surface area contributed by atoms with Gasteiger partial charge < -0.3 is 69.3 Å². The SMILES string of the molecule is COc1cc(C2c3cc(O)c(OC)cc3C=C(C(=O)OC[C@@H]3OC(O)[C@H](O)[C@H]3O)C2C(=O)OC[C@@H]2OC(O)[C@H](O)[C@H]2O)ccc1O. The van der Waals surface area contributed by atoms with Crippen molar-refractivity contribution in [2.75, 3.05) is 27.4 Å². The molecule has 2 saturated heterocycles. The van der Waals surface area contributed by atoms with E-state index in [9.17, 15) is 50.4 Å². The molecule has 5 rings (SSSR count). The van der Waals surface area contributed by atoms with Crippen molar-refractivity contribution in [3.63, 3.8) is 0 Å². The summed E-state index contributed by atoms with van der Waals surface area (Å²) in [4.78, 5) is 27.6. The normalized spacial score (nSPS) is 32.0. The summed E-state index contributed by atoms with van der Waals surface area (Å²) in [5, 5.41) is 80.4. The Kier molecular flexibility index (Phi) is 9.71. The molecule has 3 aliphatic rings. The fraction of sp³-hybridized carbons (Fsp3) is 0.467. The molecule has 0 bridgehead atoms. The minimum atomic E-state index is -1.73. The molecule has 2 heterocycles. The average Bonchev–Trinajstić information content (AvgIpc) is 3.44. The maximum absolute atomic E-state index is 13.9. The largest absolute Gasteiger partial charge is 0.504 e. The molecular weight excluding hydrogens is 616 g/mol. The number of esters is 2. The fourth-order valence-electron chi connectivity index (χ4n) is 5.71. The van der Waals surface area contributed by atoms with E-state index >= 15 is 0 Å². The predicted molar refractivity (Wildman–Crippen MR) is 150 cm³/mol. The van der Waals surface area contributed by atoms with Crippen molar-refractivity contribution in [2.24, 2.45) is 5.92 Å². The number of carbonyl (C=O) groups excluding carboxylic acids is 2. The minimum absolute atomic E-state index is 0.0255. The summed E-state index contributed by atoms with van der Waals surface area (Å²) < 4.78 is 31.5. The third kappa shape index (κ3) is 6.21. The average molecular weight is 651 g/mol. The second-order valence-electron chi connectivity index (χ2n) is 11.0. The van der Waals surface area contributed by atoms with E-state index in [1.54, 1.807) is 0 Å². The van der Waals surface area contributed by atoms with Crippen molar-refractivity contribution in [2.45, 2.75) is 55.1 Å². The first kappa shape index (κ1) is 33.4. The number of carbonyl (C=O) groups is 2. The molecule has 0 saturated carbocycles. The van der Waals surface area contributed by atoms with Crippen LogP contribution >= 0.6 is 0 Å². The van der Waals surface area contributed by atoms with Crippen molar-refractivity contribution in [1.29, 1.82) is 0 Å². The zero-order valence-electron chi connectivity index (χ0n) is 24.5. The van der Waals surface area contributed by atoms with E-state index in [1.807, 2.05) is 0 Å². The van der Waals surface area contributed by atoms with Crippen molar-refractivity contribution in [3.05, 3.63) is 52.6 Å². The number of aliphatic hydroxyl groups is 6. The van der Waals surface area contributed by atoms with Crippen molar-refractivity contribution >= 4 is 18.0 Å². The molecule has 0 spiro atoms. The Hall–Kier alpha value is -4.00. The van der Waals surface area contributed by atoms with Crippen LogP contribution in [0.25, 0.3) is 6.08 Å². The second kappa shape index (κ2) is 13.4. The Morgan fingerprint density at radius 2 is 1.30 bits per heavy atom. The molecular formula is C30H34O16. The van der Waals surface area contributed by atoms with Gasteiger partial charge in [-0.05, 0) is 47.0 Å². The van der Waals surface area contributed by atoms with Gasteiger partial charge in [-0.15, -0.1) is 0 Å². The summed E-state index contributed by atoms with van der Waals surface area (Å²) in [6, 6.07) is 6.94. The molecule has 0 amide bonds. The standard InChI is InChI=1S/C30H34O16/c1-41-17-6-11(3-4-15(17)31)21-13-8-16(32)18(42-2)7-12(13)5-14(27(37)43-9-19-23(33)25(35)29(39)45-19)22(21)28(38)44-10-20-24(34)26(36)30(40)46-20/h3-8,19-26,29-36,39-40H,9-10H2,1-2H3/t19-,20-,21?,22?,23-,24-,25+,26+,29?,30?/m0/s1. The number of aliphatic hydroxyl groups excluding tert-OH is 6. The molecule has 2 aromatic carbocycles. The second-order valence-corrected chi connectivity index (χ2v) is 11.0. The summed E-state index contributed by atoms with van der Waals surface area (Å²) >= 11 is 0. The van der Waals surface area contributed by atoms with E-state index in [0.717, 1.165) is 0 Å². The van der Waals surface area contributed by atoms with Gasteiger partial charge in [-0.25, -0.2) is 4.79 Å². The van der Waals surface area contributed by atoms with Gasteiger partial charge in [-0.2, -0.15) is 0 Å². The van der Waals surface area contributed by atoms with Crippen LogP contribution in [0.15, 0.2) is 35.9 Å². The van der Waals surface area contributed by atoms with Crippen LogP contribution in [0.3, 0.4) is 0 Å². The first-order valence-electron chi connectivity index (χ1n) is 14.1. The summed E-state index contributed by atoms with van der Waals surface area (Å²) in [5.41, 5.74) is 0.702. The molecule has 8 N–H and O–H groups in total. The Balaban J connectivity index is 1.56. The third-order valence-electron chi connectivity index (χ3n) is 8.19. The van der Waals surface area contributed by atoms with E-state index in [1.165, 1.54) is 50.6 Å². The highest BCUT2D eigenvalue weighted by Gasteiger charge is 2.47. The molecule has 2 aliphatic heterocycles. The lowest BCUT2D eigenvalue weighted by Crippen LogP contribution is -2.38. The third-order valence-corrected chi connectivity index (χ3v) is 8.19. The van der Waals surface area contributed by atoms with Crippen LogP contribution in [0, 0.1) is 5.92 Å². The number of rotatable bonds is 9. The fourth-order valence-corrected chi connectivity index (χ4v) is 5.71. The lowest BCUT2D eigenvalue weighted by molar-refractivity contribution is -0.163. The molecule has 250 valence electrons. The number of aromatic hydroxyl groups is 2. The van der Waals surface area contributed by atoms with Gasteiger partial charge in [0.2, 0.25) is 0 Å². The van der Waals surface area contributed by atoms with Crippen LogP contribution in [0.5, 0.6) is 23.0 Å². The quantitative estimate of drug-likeness (QED) is 0.140. The summed E-state index contributed by atoms with van der Waals surface area (Å²) in [6.45, 7) is -1.27.